The lowest BCUT2D eigenvalue weighted by atomic mass is 9.82. The van der Waals surface area contributed by atoms with Gasteiger partial charge in [-0.05, 0) is 97.2 Å². The number of hydrogen-bond donors (Lipinski definition) is 0. The van der Waals surface area contributed by atoms with Crippen LogP contribution in [0, 0.1) is 40.4 Å². The molecule has 1 aliphatic carbocycles. The Morgan fingerprint density at radius 1 is 0.739 bits per heavy atom. The van der Waals surface area contributed by atoms with Crippen LogP contribution in [0.15, 0.2) is 66.7 Å². The van der Waals surface area contributed by atoms with Crippen molar-refractivity contribution in [3.63, 3.8) is 0 Å². The number of ether oxygens (including phenoxy) is 2. The number of halogens is 7. The van der Waals surface area contributed by atoms with E-state index in [-0.39, 0.29) is 39.8 Å². The molecule has 1 aliphatic rings. The Bertz CT molecular complexity index is 1740. The highest BCUT2D eigenvalue weighted by Gasteiger charge is 2.41. The Hall–Kier alpha value is -4.36. The summed E-state index contributed by atoms with van der Waals surface area (Å²) in [7, 11) is 0. The van der Waals surface area contributed by atoms with Crippen LogP contribution in [-0.2, 0) is 10.8 Å². The van der Waals surface area contributed by atoms with Crippen LogP contribution < -0.4 is 4.74 Å². The van der Waals surface area contributed by atoms with Crippen molar-refractivity contribution in [3.8, 4) is 34.1 Å². The normalized spacial score (nSPS) is 16.7. The molecule has 0 N–H and O–H groups in total. The standard InChI is InChI=1S/C36H30F7NO2/c1-2-3-14-45-26-9-6-21(7-10-26)22-8-12-29(31(38)15-22)25-17-33(40)35(34(41)18-25)36(42,43)46-27-11-13-28(32(39)19-27)23-4-5-24(20-44)30(37)16-23/h4-5,8,11-13,15-19,21,26H,2-3,6-7,9-10,14H2,1H3. The lowest BCUT2D eigenvalue weighted by Gasteiger charge is -2.29. The third-order valence-electron chi connectivity index (χ3n) is 8.22. The summed E-state index contributed by atoms with van der Waals surface area (Å²) in [4.78, 5) is 0. The number of benzene rings is 4. The maximum absolute atomic E-state index is 15.2. The first-order valence-corrected chi connectivity index (χ1v) is 15.0. The highest BCUT2D eigenvalue weighted by Crippen LogP contribution is 2.40. The van der Waals surface area contributed by atoms with Gasteiger partial charge in [-0.3, -0.25) is 0 Å². The van der Waals surface area contributed by atoms with Gasteiger partial charge in [-0.15, -0.1) is 0 Å². The third-order valence-corrected chi connectivity index (χ3v) is 8.22. The SMILES string of the molecule is CCCCOC1CCC(c2ccc(-c3cc(F)c(C(F)(F)Oc4ccc(-c5ccc(C#N)c(F)c5)c(F)c4)c(F)c3)c(F)c2)CC1. The summed E-state index contributed by atoms with van der Waals surface area (Å²) in [6.45, 7) is 2.81. The molecule has 240 valence electrons. The maximum atomic E-state index is 15.2. The van der Waals surface area contributed by atoms with E-state index in [2.05, 4.69) is 11.7 Å². The van der Waals surface area contributed by atoms with Gasteiger partial charge in [0.25, 0.3) is 0 Å². The molecule has 0 amide bonds. The molecule has 0 spiro atoms. The largest absolute Gasteiger partial charge is 0.432 e. The van der Waals surface area contributed by atoms with E-state index < -0.39 is 46.5 Å². The Morgan fingerprint density at radius 3 is 1.98 bits per heavy atom. The van der Waals surface area contributed by atoms with Gasteiger partial charge in [-0.25, -0.2) is 22.0 Å². The van der Waals surface area contributed by atoms with Crippen molar-refractivity contribution in [2.75, 3.05) is 6.61 Å². The van der Waals surface area contributed by atoms with Crippen molar-refractivity contribution in [2.24, 2.45) is 0 Å². The van der Waals surface area contributed by atoms with E-state index in [0.29, 0.717) is 18.2 Å². The van der Waals surface area contributed by atoms with Crippen LogP contribution in [-0.4, -0.2) is 12.7 Å². The van der Waals surface area contributed by atoms with E-state index in [9.17, 15) is 8.78 Å². The number of nitriles is 1. The van der Waals surface area contributed by atoms with Gasteiger partial charge in [0, 0.05) is 23.8 Å². The first kappa shape index (κ1) is 33.0. The molecule has 5 rings (SSSR count). The van der Waals surface area contributed by atoms with Crippen molar-refractivity contribution in [1.82, 2.24) is 0 Å². The van der Waals surface area contributed by atoms with Gasteiger partial charge in [0.05, 0.1) is 11.7 Å². The third kappa shape index (κ3) is 7.20. The molecular weight excluding hydrogens is 611 g/mol. The molecule has 10 heteroatoms. The number of hydrogen-bond acceptors (Lipinski definition) is 3. The van der Waals surface area contributed by atoms with Crippen molar-refractivity contribution in [1.29, 1.82) is 5.26 Å². The van der Waals surface area contributed by atoms with Crippen LogP contribution in [0.3, 0.4) is 0 Å². The average Bonchev–Trinajstić information content (AvgIpc) is 3.01. The second-order valence-electron chi connectivity index (χ2n) is 11.3. The van der Waals surface area contributed by atoms with E-state index in [1.807, 2.05) is 0 Å². The van der Waals surface area contributed by atoms with Crippen molar-refractivity contribution in [3.05, 3.63) is 113 Å². The molecule has 0 heterocycles. The lowest BCUT2D eigenvalue weighted by Crippen LogP contribution is -2.25. The van der Waals surface area contributed by atoms with Gasteiger partial charge in [-0.2, -0.15) is 14.0 Å². The molecule has 0 saturated heterocycles. The minimum atomic E-state index is -4.58. The van der Waals surface area contributed by atoms with Crippen LogP contribution in [0.4, 0.5) is 30.7 Å². The van der Waals surface area contributed by atoms with Crippen LogP contribution >= 0.6 is 0 Å². The molecule has 3 nitrogen and oxygen atoms in total. The summed E-state index contributed by atoms with van der Waals surface area (Å²) in [5.41, 5.74) is -1.85. The van der Waals surface area contributed by atoms with E-state index in [1.54, 1.807) is 12.1 Å². The zero-order valence-corrected chi connectivity index (χ0v) is 24.9. The zero-order valence-electron chi connectivity index (χ0n) is 24.9. The lowest BCUT2D eigenvalue weighted by molar-refractivity contribution is -0.189. The van der Waals surface area contributed by atoms with E-state index in [0.717, 1.165) is 75.0 Å². The second-order valence-corrected chi connectivity index (χ2v) is 11.3. The number of unbranched alkanes of at least 4 members (excludes halogenated alkanes) is 1. The fourth-order valence-electron chi connectivity index (χ4n) is 5.75. The van der Waals surface area contributed by atoms with Gasteiger partial charge in [0.1, 0.15) is 46.5 Å². The minimum absolute atomic E-state index is 0.0278. The predicted octanol–water partition coefficient (Wildman–Crippen LogP) is 10.6. The van der Waals surface area contributed by atoms with Gasteiger partial charge in [-0.1, -0.05) is 31.5 Å². The molecule has 0 bridgehead atoms. The van der Waals surface area contributed by atoms with Crippen LogP contribution in [0.5, 0.6) is 5.75 Å². The second kappa shape index (κ2) is 14.0. The zero-order chi connectivity index (χ0) is 33.0. The van der Waals surface area contributed by atoms with Gasteiger partial charge < -0.3 is 9.47 Å². The molecule has 0 aromatic heterocycles. The highest BCUT2D eigenvalue weighted by atomic mass is 19.3. The number of rotatable bonds is 10. The number of alkyl halides is 2. The van der Waals surface area contributed by atoms with Gasteiger partial charge in [0.15, 0.2) is 0 Å². The number of nitrogens with zero attached hydrogens (tertiary/aromatic N) is 1. The van der Waals surface area contributed by atoms with Crippen molar-refractivity contribution < 1.29 is 40.2 Å². The smallest absolute Gasteiger partial charge is 0.429 e. The summed E-state index contributed by atoms with van der Waals surface area (Å²) in [5.74, 6) is -6.75. The van der Waals surface area contributed by atoms with E-state index >= 15 is 22.0 Å². The quantitative estimate of drug-likeness (QED) is 0.128. The molecular formula is C36H30F7NO2. The molecule has 4 aromatic carbocycles. The highest BCUT2D eigenvalue weighted by molar-refractivity contribution is 5.67. The Kier molecular flexibility index (Phi) is 10.0. The molecule has 0 aliphatic heterocycles. The Labute approximate surface area is 262 Å². The van der Waals surface area contributed by atoms with Crippen molar-refractivity contribution in [2.45, 2.75) is 63.6 Å². The molecule has 46 heavy (non-hydrogen) atoms. The van der Waals surface area contributed by atoms with Crippen molar-refractivity contribution >= 4 is 0 Å². The van der Waals surface area contributed by atoms with Crippen LogP contribution in [0.25, 0.3) is 22.3 Å². The van der Waals surface area contributed by atoms with Crippen LogP contribution in [0.2, 0.25) is 0 Å². The van der Waals surface area contributed by atoms with Gasteiger partial charge in [0.2, 0.25) is 0 Å². The fraction of sp³-hybridized carbons (Fsp3) is 0.306. The molecule has 1 saturated carbocycles. The molecule has 0 unspecified atom stereocenters. The Morgan fingerprint density at radius 2 is 1.37 bits per heavy atom. The first-order valence-electron chi connectivity index (χ1n) is 15.0. The Balaban J connectivity index is 1.31. The molecule has 4 aromatic rings. The topological polar surface area (TPSA) is 42.2 Å². The predicted molar refractivity (Wildman–Crippen MR) is 159 cm³/mol. The van der Waals surface area contributed by atoms with E-state index in [4.69, 9.17) is 10.00 Å². The fourth-order valence-corrected chi connectivity index (χ4v) is 5.75. The molecule has 1 fully saturated rings. The average molecular weight is 642 g/mol. The molecule has 0 atom stereocenters. The van der Waals surface area contributed by atoms with E-state index in [1.165, 1.54) is 18.2 Å². The van der Waals surface area contributed by atoms with Crippen LogP contribution in [0.1, 0.15) is 68.1 Å². The first-order chi connectivity index (χ1) is 22.0. The monoisotopic (exact) mass is 641 g/mol. The summed E-state index contributed by atoms with van der Waals surface area (Å²) < 4.78 is 115. The minimum Gasteiger partial charge on any atom is -0.429 e. The molecule has 0 radical (unpaired) electrons. The van der Waals surface area contributed by atoms with Gasteiger partial charge >= 0.3 is 6.11 Å². The maximum Gasteiger partial charge on any atom is 0.432 e. The summed E-state index contributed by atoms with van der Waals surface area (Å²) in [5, 5.41) is 8.86. The summed E-state index contributed by atoms with van der Waals surface area (Å²) >= 11 is 0. The summed E-state index contributed by atoms with van der Waals surface area (Å²) in [6, 6.07) is 13.0. The summed E-state index contributed by atoms with van der Waals surface area (Å²) in [6.07, 6.45) is 0.960.